The number of carbonyl (C=O) groups is 2. The average molecular weight is 673 g/mol. The van der Waals surface area contributed by atoms with E-state index in [0.29, 0.717) is 32.9 Å². The maximum atomic E-state index is 14.4. The molecule has 230 valence electrons. The molecule has 0 bridgehead atoms. The number of nitrogens with zero attached hydrogens (tertiary/aromatic N) is 2. The average Bonchev–Trinajstić information content (AvgIpc) is 3.00. The SMILES string of the molecule is CCNC(=O)C(Cc1ccccc1)N(Cc1ccc(Cl)cc1Cl)C(=O)CN(c1ccc(C)cc1)S(=O)(=O)c1ccc(Cl)cc1. The number of halogens is 3. The van der Waals surface area contributed by atoms with Gasteiger partial charge in [0.15, 0.2) is 0 Å². The van der Waals surface area contributed by atoms with Crippen molar-refractivity contribution >= 4 is 62.3 Å². The summed E-state index contributed by atoms with van der Waals surface area (Å²) < 4.78 is 29.1. The zero-order valence-electron chi connectivity index (χ0n) is 24.2. The molecule has 0 aromatic heterocycles. The highest BCUT2D eigenvalue weighted by atomic mass is 35.5. The Morgan fingerprint density at radius 3 is 2.09 bits per heavy atom. The van der Waals surface area contributed by atoms with Gasteiger partial charge in [0.2, 0.25) is 11.8 Å². The van der Waals surface area contributed by atoms with Crippen LogP contribution in [-0.4, -0.2) is 44.3 Å². The van der Waals surface area contributed by atoms with Gasteiger partial charge >= 0.3 is 0 Å². The van der Waals surface area contributed by atoms with Crippen molar-refractivity contribution in [1.82, 2.24) is 10.2 Å². The summed E-state index contributed by atoms with van der Waals surface area (Å²) in [6.45, 7) is 3.37. The number of sulfonamides is 1. The molecule has 7 nitrogen and oxygen atoms in total. The van der Waals surface area contributed by atoms with Crippen LogP contribution in [0.25, 0.3) is 0 Å². The van der Waals surface area contributed by atoms with Gasteiger partial charge in [-0.15, -0.1) is 0 Å². The Morgan fingerprint density at radius 2 is 1.48 bits per heavy atom. The van der Waals surface area contributed by atoms with Crippen LogP contribution >= 0.6 is 34.8 Å². The first kappa shape index (κ1) is 33.3. The van der Waals surface area contributed by atoms with Crippen LogP contribution in [0, 0.1) is 6.92 Å². The van der Waals surface area contributed by atoms with E-state index in [2.05, 4.69) is 5.32 Å². The van der Waals surface area contributed by atoms with Gasteiger partial charge in [0.05, 0.1) is 10.6 Å². The molecule has 0 aliphatic rings. The van der Waals surface area contributed by atoms with Gasteiger partial charge in [-0.1, -0.05) is 88.9 Å². The maximum absolute atomic E-state index is 14.4. The zero-order valence-corrected chi connectivity index (χ0v) is 27.3. The minimum Gasteiger partial charge on any atom is -0.355 e. The number of anilines is 1. The second-order valence-corrected chi connectivity index (χ2v) is 13.3. The molecule has 0 radical (unpaired) electrons. The first-order valence-electron chi connectivity index (χ1n) is 13.9. The van der Waals surface area contributed by atoms with Crippen LogP contribution in [-0.2, 0) is 32.6 Å². The number of rotatable bonds is 12. The molecule has 0 aliphatic carbocycles. The minimum atomic E-state index is -4.23. The summed E-state index contributed by atoms with van der Waals surface area (Å²) >= 11 is 18.7. The number of hydrogen-bond acceptors (Lipinski definition) is 4. The molecule has 1 atom stereocenters. The predicted molar refractivity (Wildman–Crippen MR) is 177 cm³/mol. The normalized spacial score (nSPS) is 11.9. The molecule has 0 saturated heterocycles. The van der Waals surface area contributed by atoms with E-state index in [9.17, 15) is 18.0 Å². The van der Waals surface area contributed by atoms with Gasteiger partial charge < -0.3 is 10.2 Å². The molecule has 0 saturated carbocycles. The minimum absolute atomic E-state index is 0.0351. The summed E-state index contributed by atoms with van der Waals surface area (Å²) in [6.07, 6.45) is 0.193. The van der Waals surface area contributed by atoms with Crippen molar-refractivity contribution in [2.45, 2.75) is 37.8 Å². The molecular formula is C33H32Cl3N3O4S. The lowest BCUT2D eigenvalue weighted by Gasteiger charge is -2.34. The van der Waals surface area contributed by atoms with Gasteiger partial charge in [-0.2, -0.15) is 0 Å². The quantitative estimate of drug-likeness (QED) is 0.177. The number of benzene rings is 4. The van der Waals surface area contributed by atoms with Crippen molar-refractivity contribution in [2.24, 2.45) is 0 Å². The third-order valence-corrected chi connectivity index (χ3v) is 9.61. The summed E-state index contributed by atoms with van der Waals surface area (Å²) in [7, 11) is -4.23. The van der Waals surface area contributed by atoms with E-state index in [1.807, 2.05) is 37.3 Å². The van der Waals surface area contributed by atoms with E-state index in [0.717, 1.165) is 15.4 Å². The summed E-state index contributed by atoms with van der Waals surface area (Å²) in [5.41, 5.74) is 2.59. The number of nitrogens with one attached hydrogen (secondary N) is 1. The number of aryl methyl sites for hydroxylation is 1. The molecule has 4 rings (SSSR count). The molecule has 44 heavy (non-hydrogen) atoms. The van der Waals surface area contributed by atoms with E-state index in [1.165, 1.54) is 29.2 Å². The Morgan fingerprint density at radius 1 is 0.841 bits per heavy atom. The molecule has 4 aromatic rings. The van der Waals surface area contributed by atoms with E-state index in [-0.39, 0.29) is 23.8 Å². The van der Waals surface area contributed by atoms with E-state index in [1.54, 1.807) is 49.4 Å². The number of hydrogen-bond donors (Lipinski definition) is 1. The highest BCUT2D eigenvalue weighted by Crippen LogP contribution is 2.28. The predicted octanol–water partition coefficient (Wildman–Crippen LogP) is 6.93. The van der Waals surface area contributed by atoms with Crippen LogP contribution in [0.5, 0.6) is 0 Å². The molecule has 1 unspecified atom stereocenters. The second-order valence-electron chi connectivity index (χ2n) is 10.2. The van der Waals surface area contributed by atoms with Crippen LogP contribution in [0.2, 0.25) is 15.1 Å². The number of amides is 2. The van der Waals surface area contributed by atoms with E-state index < -0.39 is 28.5 Å². The Balaban J connectivity index is 1.81. The molecule has 0 heterocycles. The van der Waals surface area contributed by atoms with Gasteiger partial charge in [0.25, 0.3) is 10.0 Å². The van der Waals surface area contributed by atoms with Crippen molar-refractivity contribution in [3.8, 4) is 0 Å². The Bertz CT molecular complexity index is 1700. The fourth-order valence-corrected chi connectivity index (χ4v) is 6.66. The molecule has 0 aliphatic heterocycles. The van der Waals surface area contributed by atoms with Gasteiger partial charge in [-0.25, -0.2) is 8.42 Å². The van der Waals surface area contributed by atoms with Crippen LogP contribution in [0.4, 0.5) is 5.69 Å². The summed E-state index contributed by atoms with van der Waals surface area (Å²) in [5, 5.41) is 3.94. The van der Waals surface area contributed by atoms with Crippen molar-refractivity contribution in [2.75, 3.05) is 17.4 Å². The lowest BCUT2D eigenvalue weighted by atomic mass is 10.0. The molecule has 0 fully saturated rings. The molecule has 2 amide bonds. The lowest BCUT2D eigenvalue weighted by Crippen LogP contribution is -2.53. The highest BCUT2D eigenvalue weighted by molar-refractivity contribution is 7.92. The van der Waals surface area contributed by atoms with Crippen molar-refractivity contribution < 1.29 is 18.0 Å². The first-order chi connectivity index (χ1) is 21.0. The zero-order chi connectivity index (χ0) is 31.9. The van der Waals surface area contributed by atoms with Crippen LogP contribution in [0.3, 0.4) is 0 Å². The number of likely N-dealkylation sites (N-methyl/N-ethyl adjacent to an activating group) is 1. The van der Waals surface area contributed by atoms with Gasteiger partial charge in [-0.05, 0) is 73.5 Å². The molecule has 4 aromatic carbocycles. The van der Waals surface area contributed by atoms with E-state index in [4.69, 9.17) is 34.8 Å². The third kappa shape index (κ3) is 8.33. The van der Waals surface area contributed by atoms with Crippen LogP contribution in [0.1, 0.15) is 23.6 Å². The highest BCUT2D eigenvalue weighted by Gasteiger charge is 2.34. The fourth-order valence-electron chi connectivity index (χ4n) is 4.65. The molecule has 11 heteroatoms. The molecular weight excluding hydrogens is 641 g/mol. The maximum Gasteiger partial charge on any atom is 0.264 e. The summed E-state index contributed by atoms with van der Waals surface area (Å²) in [4.78, 5) is 29.3. The number of carbonyl (C=O) groups excluding carboxylic acids is 2. The van der Waals surface area contributed by atoms with Crippen molar-refractivity contribution in [1.29, 1.82) is 0 Å². The van der Waals surface area contributed by atoms with Gasteiger partial charge in [0.1, 0.15) is 12.6 Å². The first-order valence-corrected chi connectivity index (χ1v) is 16.5. The van der Waals surface area contributed by atoms with Crippen LogP contribution in [0.15, 0.2) is 102 Å². The lowest BCUT2D eigenvalue weighted by molar-refractivity contribution is -0.140. The van der Waals surface area contributed by atoms with Gasteiger partial charge in [-0.3, -0.25) is 13.9 Å². The fraction of sp³-hybridized carbons (Fsp3) is 0.212. The van der Waals surface area contributed by atoms with Crippen molar-refractivity contribution in [3.05, 3.63) is 129 Å². The summed E-state index contributed by atoms with van der Waals surface area (Å²) in [6, 6.07) is 25.8. The third-order valence-electron chi connectivity index (χ3n) is 6.98. The monoisotopic (exact) mass is 671 g/mol. The molecule has 1 N–H and O–H groups in total. The Labute approximate surface area is 273 Å². The topological polar surface area (TPSA) is 86.8 Å². The smallest absolute Gasteiger partial charge is 0.264 e. The Kier molecular flexibility index (Phi) is 11.3. The van der Waals surface area contributed by atoms with Crippen LogP contribution < -0.4 is 9.62 Å². The Hall–Kier alpha value is -3.56. The standard InChI is InChI=1S/C33H32Cl3N3O4S/c1-3-37-33(41)31(19-24-7-5-4-6-8-24)38(21-25-11-12-27(35)20-30(25)36)32(40)22-39(28-15-9-23(2)10-16-28)44(42,43)29-17-13-26(34)14-18-29/h4-18,20,31H,3,19,21-22H2,1-2H3,(H,37,41). The largest absolute Gasteiger partial charge is 0.355 e. The second kappa shape index (κ2) is 14.9. The van der Waals surface area contributed by atoms with Gasteiger partial charge in [0, 0.05) is 34.6 Å². The summed E-state index contributed by atoms with van der Waals surface area (Å²) in [5.74, 6) is -0.974. The molecule has 0 spiro atoms. The van der Waals surface area contributed by atoms with Crippen molar-refractivity contribution in [3.63, 3.8) is 0 Å². The van der Waals surface area contributed by atoms with E-state index >= 15 is 0 Å².